The van der Waals surface area contributed by atoms with Crippen molar-refractivity contribution in [1.82, 2.24) is 0 Å². The van der Waals surface area contributed by atoms with Gasteiger partial charge in [0.15, 0.2) is 0 Å². The fourth-order valence-electron chi connectivity index (χ4n) is 1.89. The summed E-state index contributed by atoms with van der Waals surface area (Å²) >= 11 is 0. The number of hydrogen-bond acceptors (Lipinski definition) is 1. The molecule has 0 amide bonds. The van der Waals surface area contributed by atoms with E-state index in [-0.39, 0.29) is 0 Å². The van der Waals surface area contributed by atoms with Crippen molar-refractivity contribution < 1.29 is 4.74 Å². The molecular weight excluding hydrogens is 196 g/mol. The Kier molecular flexibility index (Phi) is 4.92. The van der Waals surface area contributed by atoms with E-state index in [1.54, 1.807) is 0 Å². The third-order valence-corrected chi connectivity index (χ3v) is 2.76. The van der Waals surface area contributed by atoms with Gasteiger partial charge in [0.2, 0.25) is 0 Å². The molecule has 0 fully saturated rings. The van der Waals surface area contributed by atoms with Crippen LogP contribution in [0.5, 0.6) is 5.75 Å². The van der Waals surface area contributed by atoms with Gasteiger partial charge in [-0.1, -0.05) is 24.6 Å². The van der Waals surface area contributed by atoms with Gasteiger partial charge >= 0.3 is 0 Å². The van der Waals surface area contributed by atoms with Crippen LogP contribution in [0.3, 0.4) is 0 Å². The molecular formula is C15H20O. The van der Waals surface area contributed by atoms with Crippen molar-refractivity contribution in [2.75, 3.05) is 6.61 Å². The average Bonchev–Trinajstić information content (AvgIpc) is 2.29. The largest absolute Gasteiger partial charge is 0.494 e. The lowest BCUT2D eigenvalue weighted by atomic mass is 9.91. The molecule has 0 saturated carbocycles. The van der Waals surface area contributed by atoms with Crippen molar-refractivity contribution in [3.63, 3.8) is 0 Å². The summed E-state index contributed by atoms with van der Waals surface area (Å²) in [6.45, 7) is 6.97. The fourth-order valence-corrected chi connectivity index (χ4v) is 1.89. The molecule has 0 N–H and O–H groups in total. The second kappa shape index (κ2) is 6.23. The molecule has 1 atom stereocenters. The molecule has 0 aliphatic rings. The smallest absolute Gasteiger partial charge is 0.122 e. The van der Waals surface area contributed by atoms with Crippen LogP contribution in [0.25, 0.3) is 0 Å². The Morgan fingerprint density at radius 3 is 2.69 bits per heavy atom. The van der Waals surface area contributed by atoms with Crippen LogP contribution in [0.1, 0.15) is 43.7 Å². The molecule has 0 radical (unpaired) electrons. The highest BCUT2D eigenvalue weighted by Gasteiger charge is 2.13. The number of benzene rings is 1. The van der Waals surface area contributed by atoms with E-state index in [1.165, 1.54) is 11.1 Å². The first kappa shape index (κ1) is 12.6. The van der Waals surface area contributed by atoms with Crippen molar-refractivity contribution in [3.8, 4) is 18.1 Å². The van der Waals surface area contributed by atoms with Crippen molar-refractivity contribution in [2.24, 2.45) is 0 Å². The first-order chi connectivity index (χ1) is 7.72. The highest BCUT2D eigenvalue weighted by atomic mass is 16.5. The quantitative estimate of drug-likeness (QED) is 0.678. The standard InChI is InChI=1S/C15H20O/c1-5-8-13(6-2)14-11-12(4)9-10-15(14)16-7-3/h1,9-11,13H,6-8H2,2-4H3. The summed E-state index contributed by atoms with van der Waals surface area (Å²) in [5, 5.41) is 0. The van der Waals surface area contributed by atoms with Gasteiger partial charge in [-0.05, 0) is 37.8 Å². The van der Waals surface area contributed by atoms with Crippen LogP contribution in [-0.2, 0) is 0 Å². The zero-order valence-electron chi connectivity index (χ0n) is 10.4. The molecule has 0 aliphatic heterocycles. The maximum atomic E-state index is 5.65. The normalized spacial score (nSPS) is 11.9. The molecule has 16 heavy (non-hydrogen) atoms. The van der Waals surface area contributed by atoms with Gasteiger partial charge in [0, 0.05) is 6.42 Å². The van der Waals surface area contributed by atoms with Crippen LogP contribution < -0.4 is 4.74 Å². The summed E-state index contributed by atoms with van der Waals surface area (Å²) < 4.78 is 5.65. The highest BCUT2D eigenvalue weighted by Crippen LogP contribution is 2.32. The first-order valence-electron chi connectivity index (χ1n) is 5.89. The molecule has 1 rings (SSSR count). The lowest BCUT2D eigenvalue weighted by molar-refractivity contribution is 0.333. The van der Waals surface area contributed by atoms with Gasteiger partial charge in [-0.25, -0.2) is 0 Å². The Bertz CT molecular complexity index is 374. The van der Waals surface area contributed by atoms with Crippen molar-refractivity contribution in [3.05, 3.63) is 29.3 Å². The Morgan fingerprint density at radius 2 is 2.12 bits per heavy atom. The molecule has 1 nitrogen and oxygen atoms in total. The molecule has 1 unspecified atom stereocenters. The van der Waals surface area contributed by atoms with Gasteiger partial charge in [-0.15, -0.1) is 12.3 Å². The van der Waals surface area contributed by atoms with E-state index in [0.717, 1.165) is 18.6 Å². The molecule has 0 heterocycles. The van der Waals surface area contributed by atoms with Gasteiger partial charge in [0.1, 0.15) is 5.75 Å². The Morgan fingerprint density at radius 1 is 1.38 bits per heavy atom. The van der Waals surface area contributed by atoms with Crippen molar-refractivity contribution in [2.45, 2.75) is 39.5 Å². The molecule has 0 spiro atoms. The summed E-state index contributed by atoms with van der Waals surface area (Å²) in [6, 6.07) is 6.32. The minimum atomic E-state index is 0.409. The Hall–Kier alpha value is -1.42. The average molecular weight is 216 g/mol. The molecule has 0 bridgehead atoms. The van der Waals surface area contributed by atoms with Gasteiger partial charge in [0.05, 0.1) is 6.61 Å². The van der Waals surface area contributed by atoms with Gasteiger partial charge in [-0.2, -0.15) is 0 Å². The fraction of sp³-hybridized carbons (Fsp3) is 0.467. The zero-order valence-corrected chi connectivity index (χ0v) is 10.4. The van der Waals surface area contributed by atoms with E-state index in [4.69, 9.17) is 11.2 Å². The maximum absolute atomic E-state index is 5.65. The maximum Gasteiger partial charge on any atom is 0.122 e. The number of aryl methyl sites for hydroxylation is 1. The number of ether oxygens (including phenoxy) is 1. The second-order valence-electron chi connectivity index (χ2n) is 3.99. The Balaban J connectivity index is 3.07. The van der Waals surface area contributed by atoms with Crippen LogP contribution in [0.2, 0.25) is 0 Å². The molecule has 1 aromatic carbocycles. The molecule has 0 saturated heterocycles. The molecule has 1 heteroatoms. The van der Waals surface area contributed by atoms with E-state index >= 15 is 0 Å². The molecule has 0 aromatic heterocycles. The number of terminal acetylenes is 1. The number of rotatable bonds is 5. The van der Waals surface area contributed by atoms with E-state index in [2.05, 4.69) is 31.9 Å². The minimum Gasteiger partial charge on any atom is -0.494 e. The lowest BCUT2D eigenvalue weighted by Gasteiger charge is -2.17. The van der Waals surface area contributed by atoms with Crippen LogP contribution >= 0.6 is 0 Å². The van der Waals surface area contributed by atoms with E-state index in [9.17, 15) is 0 Å². The third-order valence-electron chi connectivity index (χ3n) is 2.76. The highest BCUT2D eigenvalue weighted by molar-refractivity contribution is 5.40. The lowest BCUT2D eigenvalue weighted by Crippen LogP contribution is -2.02. The summed E-state index contributed by atoms with van der Waals surface area (Å²) in [4.78, 5) is 0. The van der Waals surface area contributed by atoms with Gasteiger partial charge in [0.25, 0.3) is 0 Å². The van der Waals surface area contributed by atoms with E-state index in [1.807, 2.05) is 13.0 Å². The summed E-state index contributed by atoms with van der Waals surface area (Å²) in [7, 11) is 0. The van der Waals surface area contributed by atoms with E-state index < -0.39 is 0 Å². The predicted molar refractivity (Wildman–Crippen MR) is 68.8 cm³/mol. The summed E-state index contributed by atoms with van der Waals surface area (Å²) in [5.41, 5.74) is 2.51. The van der Waals surface area contributed by atoms with Crippen LogP contribution in [-0.4, -0.2) is 6.61 Å². The van der Waals surface area contributed by atoms with Crippen LogP contribution in [0.4, 0.5) is 0 Å². The summed E-state index contributed by atoms with van der Waals surface area (Å²) in [5.74, 6) is 4.14. The predicted octanol–water partition coefficient (Wildman–Crippen LogP) is 3.91. The van der Waals surface area contributed by atoms with E-state index in [0.29, 0.717) is 12.5 Å². The molecule has 0 aliphatic carbocycles. The topological polar surface area (TPSA) is 9.23 Å². The number of hydrogen-bond donors (Lipinski definition) is 0. The minimum absolute atomic E-state index is 0.409. The Labute approximate surface area is 98.8 Å². The van der Waals surface area contributed by atoms with Crippen LogP contribution in [0.15, 0.2) is 18.2 Å². The third kappa shape index (κ3) is 3.03. The van der Waals surface area contributed by atoms with Crippen molar-refractivity contribution >= 4 is 0 Å². The summed E-state index contributed by atoms with van der Waals surface area (Å²) in [6.07, 6.45) is 7.24. The first-order valence-corrected chi connectivity index (χ1v) is 5.89. The second-order valence-corrected chi connectivity index (χ2v) is 3.99. The van der Waals surface area contributed by atoms with Gasteiger partial charge in [-0.3, -0.25) is 0 Å². The zero-order chi connectivity index (χ0) is 12.0. The molecule has 86 valence electrons. The molecule has 1 aromatic rings. The monoisotopic (exact) mass is 216 g/mol. The van der Waals surface area contributed by atoms with Crippen molar-refractivity contribution in [1.29, 1.82) is 0 Å². The van der Waals surface area contributed by atoms with Crippen LogP contribution in [0, 0.1) is 19.3 Å². The van der Waals surface area contributed by atoms with Gasteiger partial charge < -0.3 is 4.74 Å². The SMILES string of the molecule is C#CCC(CC)c1cc(C)ccc1OCC.